The van der Waals surface area contributed by atoms with Crippen LogP contribution in [-0.4, -0.2) is 35.1 Å². The number of aromatic amines is 1. The van der Waals surface area contributed by atoms with E-state index in [-0.39, 0.29) is 17.1 Å². The largest absolute Gasteiger partial charge is 0.489 e. The topological polar surface area (TPSA) is 58.2 Å². The fourth-order valence-corrected chi connectivity index (χ4v) is 2.61. The van der Waals surface area contributed by atoms with E-state index in [0.29, 0.717) is 41.4 Å². The van der Waals surface area contributed by atoms with E-state index in [9.17, 15) is 9.18 Å². The van der Waals surface area contributed by atoms with Crippen molar-refractivity contribution in [2.24, 2.45) is 0 Å². The van der Waals surface area contributed by atoms with Gasteiger partial charge in [-0.25, -0.2) is 9.37 Å². The molecule has 0 aliphatic heterocycles. The number of hydrogen-bond acceptors (Lipinski definition) is 4. The standard InChI is InChI=1S/C18H17ClFN3O2/c1-23(8-9-25-16-5-3-2-4-14(16)20)11-17-21-15-7-6-12(19)10-13(15)18(24)22-17/h2-7,10H,8-9,11H2,1H3,(H,21,22,24). The number of aromatic nitrogens is 2. The monoisotopic (exact) mass is 361 g/mol. The molecule has 0 amide bonds. The molecule has 0 bridgehead atoms. The predicted molar refractivity (Wildman–Crippen MR) is 95.6 cm³/mol. The first kappa shape index (κ1) is 17.4. The third-order valence-electron chi connectivity index (χ3n) is 3.70. The maximum atomic E-state index is 13.5. The van der Waals surface area contributed by atoms with Crippen LogP contribution in [-0.2, 0) is 6.54 Å². The fourth-order valence-electron chi connectivity index (χ4n) is 2.44. The number of benzene rings is 2. The molecule has 130 valence electrons. The summed E-state index contributed by atoms with van der Waals surface area (Å²) in [5, 5.41) is 0.955. The Bertz CT molecular complexity index is 945. The Morgan fingerprint density at radius 2 is 2.08 bits per heavy atom. The molecule has 0 atom stereocenters. The van der Waals surface area contributed by atoms with Crippen LogP contribution in [0.5, 0.6) is 5.75 Å². The molecule has 0 aliphatic rings. The van der Waals surface area contributed by atoms with Gasteiger partial charge in [0.1, 0.15) is 12.4 Å². The SMILES string of the molecule is CN(CCOc1ccccc1F)Cc1nc2ccc(Cl)cc2c(=O)[nH]1. The van der Waals surface area contributed by atoms with Gasteiger partial charge in [0.15, 0.2) is 11.6 Å². The number of fused-ring (bicyclic) bond motifs is 1. The minimum absolute atomic E-state index is 0.224. The highest BCUT2D eigenvalue weighted by Crippen LogP contribution is 2.16. The molecule has 0 unspecified atom stereocenters. The number of nitrogens with zero attached hydrogens (tertiary/aromatic N) is 2. The average Bonchev–Trinajstić information content (AvgIpc) is 2.57. The molecule has 3 aromatic rings. The molecular formula is C18H17ClFN3O2. The van der Waals surface area contributed by atoms with E-state index in [2.05, 4.69) is 9.97 Å². The van der Waals surface area contributed by atoms with Crippen LogP contribution in [0.4, 0.5) is 4.39 Å². The van der Waals surface area contributed by atoms with Crippen LogP contribution in [0.15, 0.2) is 47.3 Å². The lowest BCUT2D eigenvalue weighted by atomic mass is 10.2. The van der Waals surface area contributed by atoms with E-state index in [1.807, 2.05) is 11.9 Å². The molecule has 0 saturated carbocycles. The molecule has 7 heteroatoms. The van der Waals surface area contributed by atoms with E-state index >= 15 is 0 Å². The third-order valence-corrected chi connectivity index (χ3v) is 3.94. The molecule has 25 heavy (non-hydrogen) atoms. The van der Waals surface area contributed by atoms with E-state index in [1.54, 1.807) is 36.4 Å². The molecule has 0 aliphatic carbocycles. The van der Waals surface area contributed by atoms with Crippen molar-refractivity contribution in [2.45, 2.75) is 6.54 Å². The molecule has 3 rings (SSSR count). The van der Waals surface area contributed by atoms with E-state index < -0.39 is 0 Å². The second-order valence-corrected chi connectivity index (χ2v) is 6.13. The molecule has 0 saturated heterocycles. The number of para-hydroxylation sites is 1. The van der Waals surface area contributed by atoms with Gasteiger partial charge in [0.25, 0.3) is 5.56 Å². The van der Waals surface area contributed by atoms with Gasteiger partial charge < -0.3 is 9.72 Å². The second kappa shape index (κ2) is 7.63. The summed E-state index contributed by atoms with van der Waals surface area (Å²) < 4.78 is 18.9. The molecular weight excluding hydrogens is 345 g/mol. The van der Waals surface area contributed by atoms with Crippen molar-refractivity contribution in [3.05, 3.63) is 69.5 Å². The van der Waals surface area contributed by atoms with Gasteiger partial charge in [-0.1, -0.05) is 23.7 Å². The number of halogens is 2. The Balaban J connectivity index is 1.62. The van der Waals surface area contributed by atoms with Gasteiger partial charge >= 0.3 is 0 Å². The number of likely N-dealkylation sites (N-methyl/N-ethyl adjacent to an activating group) is 1. The Hall–Kier alpha value is -2.44. The highest BCUT2D eigenvalue weighted by molar-refractivity contribution is 6.31. The molecule has 2 aromatic carbocycles. The Kier molecular flexibility index (Phi) is 5.31. The summed E-state index contributed by atoms with van der Waals surface area (Å²) in [6, 6.07) is 11.3. The number of H-pyrrole nitrogens is 1. The zero-order valence-corrected chi connectivity index (χ0v) is 14.4. The smallest absolute Gasteiger partial charge is 0.258 e. The highest BCUT2D eigenvalue weighted by atomic mass is 35.5. The van der Waals surface area contributed by atoms with Crippen molar-refractivity contribution in [1.29, 1.82) is 0 Å². The van der Waals surface area contributed by atoms with Gasteiger partial charge in [-0.15, -0.1) is 0 Å². The lowest BCUT2D eigenvalue weighted by Crippen LogP contribution is -2.26. The van der Waals surface area contributed by atoms with Crippen molar-refractivity contribution in [2.75, 3.05) is 20.2 Å². The molecule has 5 nitrogen and oxygen atoms in total. The van der Waals surface area contributed by atoms with Crippen molar-refractivity contribution in [3.63, 3.8) is 0 Å². The summed E-state index contributed by atoms with van der Waals surface area (Å²) in [6.07, 6.45) is 0. The number of rotatable bonds is 6. The summed E-state index contributed by atoms with van der Waals surface area (Å²) in [5.74, 6) is 0.391. The Morgan fingerprint density at radius 1 is 1.28 bits per heavy atom. The quantitative estimate of drug-likeness (QED) is 0.732. The maximum absolute atomic E-state index is 13.5. The molecule has 0 radical (unpaired) electrons. The highest BCUT2D eigenvalue weighted by Gasteiger charge is 2.08. The normalized spacial score (nSPS) is 11.2. The number of nitrogens with one attached hydrogen (secondary N) is 1. The summed E-state index contributed by atoms with van der Waals surface area (Å²) in [4.78, 5) is 21.3. The second-order valence-electron chi connectivity index (χ2n) is 5.69. The van der Waals surface area contributed by atoms with Gasteiger partial charge in [0.2, 0.25) is 0 Å². The first-order chi connectivity index (χ1) is 12.0. The number of hydrogen-bond donors (Lipinski definition) is 1. The van der Waals surface area contributed by atoms with Crippen molar-refractivity contribution in [3.8, 4) is 5.75 Å². The molecule has 0 spiro atoms. The molecule has 1 N–H and O–H groups in total. The van der Waals surface area contributed by atoms with Gasteiger partial charge in [-0.05, 0) is 37.4 Å². The lowest BCUT2D eigenvalue weighted by Gasteiger charge is -2.16. The summed E-state index contributed by atoms with van der Waals surface area (Å²) in [5.41, 5.74) is 0.373. The minimum Gasteiger partial charge on any atom is -0.489 e. The Morgan fingerprint density at radius 3 is 2.88 bits per heavy atom. The third kappa shape index (κ3) is 4.35. The molecule has 0 fully saturated rings. The number of ether oxygens (including phenoxy) is 1. The van der Waals surface area contributed by atoms with Gasteiger partial charge in [-0.3, -0.25) is 9.69 Å². The van der Waals surface area contributed by atoms with E-state index in [1.165, 1.54) is 6.07 Å². The van der Waals surface area contributed by atoms with E-state index in [0.717, 1.165) is 0 Å². The fraction of sp³-hybridized carbons (Fsp3) is 0.222. The Labute approximate surface area is 149 Å². The van der Waals surface area contributed by atoms with Gasteiger partial charge in [-0.2, -0.15) is 0 Å². The minimum atomic E-state index is -0.385. The van der Waals surface area contributed by atoms with E-state index in [4.69, 9.17) is 16.3 Å². The van der Waals surface area contributed by atoms with Crippen LogP contribution in [0.3, 0.4) is 0 Å². The maximum Gasteiger partial charge on any atom is 0.258 e. The van der Waals surface area contributed by atoms with Crippen LogP contribution in [0.2, 0.25) is 5.02 Å². The lowest BCUT2D eigenvalue weighted by molar-refractivity contribution is 0.224. The van der Waals surface area contributed by atoms with Crippen molar-refractivity contribution >= 4 is 22.5 Å². The van der Waals surface area contributed by atoms with Gasteiger partial charge in [0.05, 0.1) is 17.4 Å². The average molecular weight is 362 g/mol. The van der Waals surface area contributed by atoms with Crippen molar-refractivity contribution in [1.82, 2.24) is 14.9 Å². The first-order valence-corrected chi connectivity index (χ1v) is 8.15. The zero-order chi connectivity index (χ0) is 17.8. The summed E-state index contributed by atoms with van der Waals surface area (Å²) in [7, 11) is 1.87. The van der Waals surface area contributed by atoms with Gasteiger partial charge in [0, 0.05) is 11.6 Å². The molecule has 1 aromatic heterocycles. The van der Waals surface area contributed by atoms with Crippen LogP contribution in [0.1, 0.15) is 5.82 Å². The van der Waals surface area contributed by atoms with Crippen LogP contribution in [0.25, 0.3) is 10.9 Å². The molecule has 1 heterocycles. The summed E-state index contributed by atoms with van der Waals surface area (Å²) >= 11 is 5.90. The van der Waals surface area contributed by atoms with Crippen LogP contribution in [0, 0.1) is 5.82 Å². The first-order valence-electron chi connectivity index (χ1n) is 7.77. The van der Waals surface area contributed by atoms with Crippen molar-refractivity contribution < 1.29 is 9.13 Å². The van der Waals surface area contributed by atoms with Crippen LogP contribution >= 0.6 is 11.6 Å². The summed E-state index contributed by atoms with van der Waals surface area (Å²) in [6.45, 7) is 1.32. The van der Waals surface area contributed by atoms with Crippen LogP contribution < -0.4 is 10.3 Å². The predicted octanol–water partition coefficient (Wildman–Crippen LogP) is 3.23. The zero-order valence-electron chi connectivity index (χ0n) is 13.6.